The second-order valence-electron chi connectivity index (χ2n) is 5.72. The second-order valence-corrected chi connectivity index (χ2v) is 7.37. The summed E-state index contributed by atoms with van der Waals surface area (Å²) >= 11 is 0. The molecule has 0 radical (unpaired) electrons. The summed E-state index contributed by atoms with van der Waals surface area (Å²) in [6, 6.07) is 7.21. The maximum Gasteiger partial charge on any atom is 0.263 e. The van der Waals surface area contributed by atoms with Crippen LogP contribution in [0.1, 0.15) is 44.6 Å². The number of benzene rings is 1. The molecule has 0 spiro atoms. The first-order chi connectivity index (χ1) is 9.58. The van der Waals surface area contributed by atoms with Crippen molar-refractivity contribution in [1.82, 2.24) is 4.72 Å². The molecule has 0 amide bonds. The van der Waals surface area contributed by atoms with Crippen LogP contribution >= 0.6 is 0 Å². The highest BCUT2D eigenvalue weighted by Crippen LogP contribution is 2.29. The summed E-state index contributed by atoms with van der Waals surface area (Å²) < 4.78 is 26.6. The average molecular weight is 292 g/mol. The van der Waals surface area contributed by atoms with Crippen LogP contribution in [0.5, 0.6) is 0 Å². The Balaban J connectivity index is 1.89. The molecule has 1 aromatic rings. The van der Waals surface area contributed by atoms with E-state index >= 15 is 0 Å². The molecule has 20 heavy (non-hydrogen) atoms. The Labute approximate surface area is 120 Å². The summed E-state index contributed by atoms with van der Waals surface area (Å²) in [4.78, 5) is 5.01. The van der Waals surface area contributed by atoms with Crippen molar-refractivity contribution in [3.8, 4) is 0 Å². The summed E-state index contributed by atoms with van der Waals surface area (Å²) in [5.74, 6) is 1.09. The normalized spacial score (nSPS) is 25.1. The predicted octanol–water partition coefficient (Wildman–Crippen LogP) is 2.69. The van der Waals surface area contributed by atoms with E-state index in [9.17, 15) is 8.42 Å². The molecule has 0 aromatic heterocycles. The molecule has 0 saturated heterocycles. The largest absolute Gasteiger partial charge is 0.264 e. The lowest BCUT2D eigenvalue weighted by Crippen LogP contribution is -2.26. The zero-order valence-corrected chi connectivity index (χ0v) is 12.5. The molecule has 3 rings (SSSR count). The van der Waals surface area contributed by atoms with Crippen LogP contribution in [0.25, 0.3) is 0 Å². The van der Waals surface area contributed by atoms with Gasteiger partial charge in [-0.05, 0) is 37.8 Å². The maximum absolute atomic E-state index is 12.0. The average Bonchev–Trinajstić information content (AvgIpc) is 2.72. The maximum atomic E-state index is 12.0. The van der Waals surface area contributed by atoms with Gasteiger partial charge in [-0.1, -0.05) is 31.4 Å². The van der Waals surface area contributed by atoms with Crippen molar-refractivity contribution in [2.24, 2.45) is 10.9 Å². The van der Waals surface area contributed by atoms with E-state index in [0.717, 1.165) is 0 Å². The van der Waals surface area contributed by atoms with Crippen LogP contribution in [0.4, 0.5) is 0 Å². The van der Waals surface area contributed by atoms with Gasteiger partial charge in [0.05, 0.1) is 10.9 Å². The summed E-state index contributed by atoms with van der Waals surface area (Å²) in [7, 11) is -3.41. The van der Waals surface area contributed by atoms with Crippen LogP contribution in [-0.4, -0.2) is 20.3 Å². The number of sulfonamides is 1. The number of nitrogens with zero attached hydrogens (tertiary/aromatic N) is 1. The van der Waals surface area contributed by atoms with Gasteiger partial charge in [0.2, 0.25) is 0 Å². The van der Waals surface area contributed by atoms with Crippen molar-refractivity contribution in [1.29, 1.82) is 0 Å². The minimum Gasteiger partial charge on any atom is -0.264 e. The summed E-state index contributed by atoms with van der Waals surface area (Å²) in [6.45, 7) is 2.10. The van der Waals surface area contributed by atoms with Crippen molar-refractivity contribution in [3.05, 3.63) is 29.8 Å². The van der Waals surface area contributed by atoms with Gasteiger partial charge in [-0.25, -0.2) is 8.42 Å². The lowest BCUT2D eigenvalue weighted by molar-refractivity contribution is 0.317. The predicted molar refractivity (Wildman–Crippen MR) is 79.3 cm³/mol. The quantitative estimate of drug-likeness (QED) is 0.911. The van der Waals surface area contributed by atoms with Crippen molar-refractivity contribution in [2.45, 2.75) is 50.0 Å². The summed E-state index contributed by atoms with van der Waals surface area (Å²) in [6.07, 6.45) is 6.25. The number of aliphatic imine (C=N–C) groups is 1. The molecular formula is C15H20N2O2S. The number of nitrogens with one attached hydrogen (secondary N) is 1. The van der Waals surface area contributed by atoms with E-state index in [4.69, 9.17) is 0 Å². The van der Waals surface area contributed by atoms with Gasteiger partial charge < -0.3 is 0 Å². The minimum absolute atomic E-state index is 0.166. The highest BCUT2D eigenvalue weighted by molar-refractivity contribution is 7.90. The molecule has 1 unspecified atom stereocenters. The van der Waals surface area contributed by atoms with Gasteiger partial charge >= 0.3 is 0 Å². The molecule has 1 atom stereocenters. The molecule has 4 nitrogen and oxygen atoms in total. The lowest BCUT2D eigenvalue weighted by atomic mass is 9.85. The molecule has 1 fully saturated rings. The Morgan fingerprint density at radius 1 is 1.20 bits per heavy atom. The van der Waals surface area contributed by atoms with Crippen molar-refractivity contribution in [3.63, 3.8) is 0 Å². The van der Waals surface area contributed by atoms with Crippen molar-refractivity contribution < 1.29 is 8.42 Å². The van der Waals surface area contributed by atoms with Crippen molar-refractivity contribution >= 4 is 15.9 Å². The van der Waals surface area contributed by atoms with E-state index in [1.54, 1.807) is 12.1 Å². The van der Waals surface area contributed by atoms with Crippen LogP contribution in [0, 0.1) is 5.92 Å². The van der Waals surface area contributed by atoms with E-state index in [0.29, 0.717) is 22.2 Å². The van der Waals surface area contributed by atoms with Gasteiger partial charge in [-0.3, -0.25) is 9.71 Å². The SMILES string of the molecule is CC(N=C1NS(=O)(=O)c2ccccc21)C1CCCCC1. The van der Waals surface area contributed by atoms with Crippen LogP contribution in [-0.2, 0) is 10.0 Å². The van der Waals surface area contributed by atoms with Gasteiger partial charge in [0.15, 0.2) is 0 Å². The summed E-state index contributed by atoms with van der Waals surface area (Å²) in [5, 5.41) is 0. The standard InChI is InChI=1S/C15H20N2O2S/c1-11(12-7-3-2-4-8-12)16-15-13-9-5-6-10-14(13)20(18,19)17-15/h5-6,9-12H,2-4,7-8H2,1H3,(H,16,17). The fourth-order valence-electron chi connectivity index (χ4n) is 3.16. The third-order valence-corrected chi connectivity index (χ3v) is 5.72. The Kier molecular flexibility index (Phi) is 3.54. The first-order valence-corrected chi connectivity index (χ1v) is 8.76. The Morgan fingerprint density at radius 2 is 1.90 bits per heavy atom. The van der Waals surface area contributed by atoms with Gasteiger partial charge in [-0.15, -0.1) is 0 Å². The molecule has 1 N–H and O–H groups in total. The van der Waals surface area contributed by atoms with E-state index in [1.165, 1.54) is 32.1 Å². The van der Waals surface area contributed by atoms with Gasteiger partial charge in [0, 0.05) is 5.56 Å². The molecule has 0 bridgehead atoms. The Bertz CT molecular complexity index is 631. The fourth-order valence-corrected chi connectivity index (χ4v) is 4.39. The molecule has 1 heterocycles. The molecule has 5 heteroatoms. The number of hydrogen-bond acceptors (Lipinski definition) is 3. The monoisotopic (exact) mass is 292 g/mol. The van der Waals surface area contributed by atoms with E-state index in [1.807, 2.05) is 12.1 Å². The first-order valence-electron chi connectivity index (χ1n) is 7.28. The van der Waals surface area contributed by atoms with E-state index < -0.39 is 10.0 Å². The zero-order valence-electron chi connectivity index (χ0n) is 11.7. The lowest BCUT2D eigenvalue weighted by Gasteiger charge is -2.25. The molecule has 1 aliphatic heterocycles. The first kappa shape index (κ1) is 13.6. The van der Waals surface area contributed by atoms with Gasteiger partial charge in [0.25, 0.3) is 10.0 Å². The van der Waals surface area contributed by atoms with E-state index in [2.05, 4.69) is 16.6 Å². The van der Waals surface area contributed by atoms with Crippen LogP contribution in [0.2, 0.25) is 0 Å². The number of rotatable bonds is 2. The van der Waals surface area contributed by atoms with E-state index in [-0.39, 0.29) is 6.04 Å². The molecule has 1 aromatic carbocycles. The van der Waals surface area contributed by atoms with Crippen molar-refractivity contribution in [2.75, 3.05) is 0 Å². The third-order valence-electron chi connectivity index (χ3n) is 4.33. The molecular weight excluding hydrogens is 272 g/mol. The van der Waals surface area contributed by atoms with Crippen LogP contribution in [0.3, 0.4) is 0 Å². The topological polar surface area (TPSA) is 58.5 Å². The molecule has 1 saturated carbocycles. The fraction of sp³-hybridized carbons (Fsp3) is 0.533. The molecule has 2 aliphatic rings. The second kappa shape index (κ2) is 5.20. The third kappa shape index (κ3) is 2.46. The number of fused-ring (bicyclic) bond motifs is 1. The molecule has 108 valence electrons. The van der Waals surface area contributed by atoms with Gasteiger partial charge in [-0.2, -0.15) is 0 Å². The highest BCUT2D eigenvalue weighted by atomic mass is 32.2. The molecule has 1 aliphatic carbocycles. The zero-order chi connectivity index (χ0) is 14.2. The number of hydrogen-bond donors (Lipinski definition) is 1. The number of amidine groups is 1. The Hall–Kier alpha value is -1.36. The summed E-state index contributed by atoms with van der Waals surface area (Å²) in [5.41, 5.74) is 0.704. The Morgan fingerprint density at radius 3 is 2.65 bits per heavy atom. The van der Waals surface area contributed by atoms with Crippen LogP contribution in [0.15, 0.2) is 34.2 Å². The van der Waals surface area contributed by atoms with Gasteiger partial charge in [0.1, 0.15) is 5.84 Å². The smallest absolute Gasteiger partial charge is 0.263 e. The van der Waals surface area contributed by atoms with Crippen LogP contribution < -0.4 is 4.72 Å². The minimum atomic E-state index is -3.41. The highest BCUT2D eigenvalue weighted by Gasteiger charge is 2.31.